The van der Waals surface area contributed by atoms with E-state index in [2.05, 4.69) is 29.2 Å². The summed E-state index contributed by atoms with van der Waals surface area (Å²) >= 11 is 0. The molecule has 32 heavy (non-hydrogen) atoms. The Labute approximate surface area is 188 Å². The van der Waals surface area contributed by atoms with Crippen LogP contribution in [0.1, 0.15) is 28.7 Å². The highest BCUT2D eigenvalue weighted by atomic mass is 16.6. The van der Waals surface area contributed by atoms with Crippen molar-refractivity contribution in [1.29, 1.82) is 0 Å². The molecule has 2 heterocycles. The van der Waals surface area contributed by atoms with Gasteiger partial charge in [0, 0.05) is 25.6 Å². The number of cyclic esters (lactones) is 1. The summed E-state index contributed by atoms with van der Waals surface area (Å²) in [4.78, 5) is 30.1. The molecule has 5 rings (SSSR count). The van der Waals surface area contributed by atoms with Crippen LogP contribution in [0.25, 0.3) is 0 Å². The standard InChI is InChI=1S/C27H26N2O3/c30-26(29-25(19-32-27(29)31)22-14-8-3-9-15-22)24-18-28(16-20-10-4-1-5-11-20)17-23(24)21-12-6-2-7-13-21/h1-15,23-25H,16-19H2/t23-,24+,25?/m1/s1. The number of nitrogens with zero attached hydrogens (tertiary/aromatic N) is 2. The predicted octanol–water partition coefficient (Wildman–Crippen LogP) is 4.62. The van der Waals surface area contributed by atoms with Gasteiger partial charge in [0.25, 0.3) is 0 Å². The van der Waals surface area contributed by atoms with E-state index < -0.39 is 6.09 Å². The average Bonchev–Trinajstić information content (AvgIpc) is 3.44. The normalized spacial score (nSPS) is 23.3. The second-order valence-electron chi connectivity index (χ2n) is 8.51. The molecule has 5 heteroatoms. The van der Waals surface area contributed by atoms with Crippen molar-refractivity contribution in [3.8, 4) is 0 Å². The van der Waals surface area contributed by atoms with Gasteiger partial charge >= 0.3 is 6.09 Å². The van der Waals surface area contributed by atoms with Crippen LogP contribution >= 0.6 is 0 Å². The summed E-state index contributed by atoms with van der Waals surface area (Å²) in [5.41, 5.74) is 3.27. The van der Waals surface area contributed by atoms with Crippen molar-refractivity contribution in [3.05, 3.63) is 108 Å². The Balaban J connectivity index is 1.43. The van der Waals surface area contributed by atoms with E-state index in [1.165, 1.54) is 10.5 Å². The van der Waals surface area contributed by atoms with Gasteiger partial charge in [0.05, 0.1) is 5.92 Å². The van der Waals surface area contributed by atoms with E-state index in [9.17, 15) is 9.59 Å². The van der Waals surface area contributed by atoms with Crippen molar-refractivity contribution in [3.63, 3.8) is 0 Å². The van der Waals surface area contributed by atoms with Gasteiger partial charge in [0.15, 0.2) is 0 Å². The van der Waals surface area contributed by atoms with Crippen LogP contribution in [0.2, 0.25) is 0 Å². The molecular formula is C27H26N2O3. The van der Waals surface area contributed by atoms with Gasteiger partial charge in [-0.05, 0) is 16.7 Å². The molecule has 0 aromatic heterocycles. The number of ether oxygens (including phenoxy) is 1. The van der Waals surface area contributed by atoms with E-state index >= 15 is 0 Å². The molecular weight excluding hydrogens is 400 g/mol. The first-order valence-electron chi connectivity index (χ1n) is 11.1. The third kappa shape index (κ3) is 4.04. The molecule has 0 bridgehead atoms. The fraction of sp³-hybridized carbons (Fsp3) is 0.259. The Bertz CT molecular complexity index is 1070. The molecule has 2 saturated heterocycles. The molecule has 1 unspecified atom stereocenters. The maximum atomic E-state index is 13.8. The third-order valence-electron chi connectivity index (χ3n) is 6.48. The first-order valence-corrected chi connectivity index (χ1v) is 11.1. The zero-order valence-corrected chi connectivity index (χ0v) is 17.8. The molecule has 3 aromatic rings. The minimum absolute atomic E-state index is 0.0252. The largest absolute Gasteiger partial charge is 0.446 e. The van der Waals surface area contributed by atoms with Crippen molar-refractivity contribution in [2.75, 3.05) is 19.7 Å². The van der Waals surface area contributed by atoms with E-state index in [0.29, 0.717) is 6.54 Å². The van der Waals surface area contributed by atoms with Crippen molar-refractivity contribution in [1.82, 2.24) is 9.80 Å². The molecule has 5 nitrogen and oxygen atoms in total. The average molecular weight is 427 g/mol. The number of amides is 2. The predicted molar refractivity (Wildman–Crippen MR) is 122 cm³/mol. The number of rotatable bonds is 5. The van der Waals surface area contributed by atoms with Crippen LogP contribution in [-0.2, 0) is 16.1 Å². The van der Waals surface area contributed by atoms with Crippen LogP contribution in [-0.4, -0.2) is 41.5 Å². The maximum absolute atomic E-state index is 13.8. The smallest absolute Gasteiger partial charge is 0.417 e. The van der Waals surface area contributed by atoms with Gasteiger partial charge in [-0.2, -0.15) is 0 Å². The van der Waals surface area contributed by atoms with Gasteiger partial charge in [0.1, 0.15) is 12.6 Å². The lowest BCUT2D eigenvalue weighted by atomic mass is 9.87. The monoisotopic (exact) mass is 426 g/mol. The van der Waals surface area contributed by atoms with Gasteiger partial charge in [0.2, 0.25) is 5.91 Å². The summed E-state index contributed by atoms with van der Waals surface area (Å²) in [5.74, 6) is -0.430. The SMILES string of the molecule is O=C1OCC(c2ccccc2)N1C(=O)[C@H]1CN(Cc2ccccc2)C[C@@H]1c1ccccc1. The summed E-state index contributed by atoms with van der Waals surface area (Å²) in [6.07, 6.45) is -0.544. The Morgan fingerprint density at radius 1 is 0.812 bits per heavy atom. The van der Waals surface area contributed by atoms with E-state index in [-0.39, 0.29) is 30.4 Å². The summed E-state index contributed by atoms with van der Waals surface area (Å²) in [6, 6.07) is 29.7. The zero-order chi connectivity index (χ0) is 21.9. The van der Waals surface area contributed by atoms with Crippen molar-refractivity contribution in [2.45, 2.75) is 18.5 Å². The lowest BCUT2D eigenvalue weighted by Gasteiger charge is -2.26. The van der Waals surface area contributed by atoms with Crippen LogP contribution in [0.15, 0.2) is 91.0 Å². The minimum Gasteiger partial charge on any atom is -0.446 e. The van der Waals surface area contributed by atoms with Gasteiger partial charge in [-0.3, -0.25) is 9.69 Å². The van der Waals surface area contributed by atoms with Gasteiger partial charge in [-0.15, -0.1) is 0 Å². The van der Waals surface area contributed by atoms with Crippen molar-refractivity contribution in [2.24, 2.45) is 5.92 Å². The van der Waals surface area contributed by atoms with E-state index in [4.69, 9.17) is 4.74 Å². The highest BCUT2D eigenvalue weighted by molar-refractivity contribution is 5.95. The Morgan fingerprint density at radius 2 is 1.41 bits per heavy atom. The van der Waals surface area contributed by atoms with Crippen LogP contribution in [0, 0.1) is 5.92 Å². The first kappa shape index (κ1) is 20.5. The molecule has 2 aliphatic rings. The Hall–Kier alpha value is -3.44. The summed E-state index contributed by atoms with van der Waals surface area (Å²) in [5, 5.41) is 0. The summed E-state index contributed by atoms with van der Waals surface area (Å²) < 4.78 is 5.33. The zero-order valence-electron chi connectivity index (χ0n) is 17.8. The topological polar surface area (TPSA) is 49.9 Å². The highest BCUT2D eigenvalue weighted by Gasteiger charge is 2.47. The highest BCUT2D eigenvalue weighted by Crippen LogP contribution is 2.38. The lowest BCUT2D eigenvalue weighted by Crippen LogP contribution is -2.41. The molecule has 162 valence electrons. The minimum atomic E-state index is -0.544. The van der Waals surface area contributed by atoms with Crippen LogP contribution in [0.3, 0.4) is 0 Å². The third-order valence-corrected chi connectivity index (χ3v) is 6.48. The van der Waals surface area contributed by atoms with Gasteiger partial charge in [-0.25, -0.2) is 9.69 Å². The van der Waals surface area contributed by atoms with E-state index in [1.54, 1.807) is 0 Å². The van der Waals surface area contributed by atoms with Gasteiger partial charge in [-0.1, -0.05) is 91.0 Å². The lowest BCUT2D eigenvalue weighted by molar-refractivity contribution is -0.133. The maximum Gasteiger partial charge on any atom is 0.417 e. The number of hydrogen-bond acceptors (Lipinski definition) is 4. The Kier molecular flexibility index (Phi) is 5.73. The molecule has 2 amide bonds. The summed E-state index contributed by atoms with van der Waals surface area (Å²) in [7, 11) is 0. The molecule has 0 aliphatic carbocycles. The molecule has 0 radical (unpaired) electrons. The van der Waals surface area contributed by atoms with Crippen LogP contribution in [0.4, 0.5) is 4.79 Å². The number of carbonyl (C=O) groups excluding carboxylic acids is 2. The van der Waals surface area contributed by atoms with Crippen molar-refractivity contribution >= 4 is 12.0 Å². The van der Waals surface area contributed by atoms with E-state index in [1.807, 2.05) is 66.7 Å². The quantitative estimate of drug-likeness (QED) is 0.597. The number of likely N-dealkylation sites (tertiary alicyclic amines) is 1. The second kappa shape index (κ2) is 8.97. The molecule has 0 N–H and O–H groups in total. The summed E-state index contributed by atoms with van der Waals surface area (Å²) in [6.45, 7) is 2.36. The number of hydrogen-bond donors (Lipinski definition) is 0. The fourth-order valence-corrected chi connectivity index (χ4v) is 4.91. The van der Waals surface area contributed by atoms with Crippen LogP contribution in [0.5, 0.6) is 0 Å². The van der Waals surface area contributed by atoms with Crippen LogP contribution < -0.4 is 0 Å². The molecule has 0 saturated carbocycles. The van der Waals surface area contributed by atoms with E-state index in [0.717, 1.165) is 24.2 Å². The molecule has 3 aromatic carbocycles. The number of carbonyl (C=O) groups is 2. The van der Waals surface area contributed by atoms with Gasteiger partial charge < -0.3 is 4.74 Å². The van der Waals surface area contributed by atoms with Crippen molar-refractivity contribution < 1.29 is 14.3 Å². The molecule has 2 fully saturated rings. The molecule has 3 atom stereocenters. The molecule has 2 aliphatic heterocycles. The fourth-order valence-electron chi connectivity index (χ4n) is 4.91. The first-order chi connectivity index (χ1) is 15.7. The Morgan fingerprint density at radius 3 is 2.06 bits per heavy atom. The number of imide groups is 1. The molecule has 0 spiro atoms. The second-order valence-corrected chi connectivity index (χ2v) is 8.51. The number of benzene rings is 3.